The van der Waals surface area contributed by atoms with Crippen LogP contribution in [0.4, 0.5) is 0 Å². The molecule has 0 saturated heterocycles. The zero-order valence-corrected chi connectivity index (χ0v) is 16.2. The Morgan fingerprint density at radius 2 is 1.48 bits per heavy atom. The van der Waals surface area contributed by atoms with Crippen molar-refractivity contribution in [2.24, 2.45) is 0 Å². The lowest BCUT2D eigenvalue weighted by Crippen LogP contribution is -2.01. The molecule has 0 heterocycles. The van der Waals surface area contributed by atoms with E-state index in [0.29, 0.717) is 16.7 Å². The van der Waals surface area contributed by atoms with Gasteiger partial charge in [-0.25, -0.2) is 0 Å². The van der Waals surface area contributed by atoms with Crippen molar-refractivity contribution in [3.63, 3.8) is 0 Å². The highest BCUT2D eigenvalue weighted by atomic mass is 32.2. The van der Waals surface area contributed by atoms with Gasteiger partial charge in [0.2, 0.25) is 0 Å². The molecule has 0 aliphatic rings. The summed E-state index contributed by atoms with van der Waals surface area (Å²) in [5, 5.41) is 12.2. The van der Waals surface area contributed by atoms with E-state index in [0.717, 1.165) is 16.3 Å². The Bertz CT molecular complexity index is 1320. The molecule has 5 heteroatoms. The minimum atomic E-state index is -4.47. The molecule has 0 spiro atoms. The van der Waals surface area contributed by atoms with Crippen molar-refractivity contribution in [3.05, 3.63) is 96.1 Å². The third-order valence-electron chi connectivity index (χ3n) is 4.74. The van der Waals surface area contributed by atoms with Crippen molar-refractivity contribution in [3.8, 4) is 16.9 Å². The van der Waals surface area contributed by atoms with Crippen molar-refractivity contribution < 1.29 is 18.1 Å². The van der Waals surface area contributed by atoms with Crippen LogP contribution in [0.1, 0.15) is 11.1 Å². The largest absolute Gasteiger partial charge is 0.507 e. The van der Waals surface area contributed by atoms with E-state index in [9.17, 15) is 18.1 Å². The molecule has 0 atom stereocenters. The second kappa shape index (κ2) is 7.54. The third-order valence-corrected chi connectivity index (χ3v) is 5.65. The number of rotatable bonds is 4. The van der Waals surface area contributed by atoms with Gasteiger partial charge in [0.05, 0.1) is 0 Å². The van der Waals surface area contributed by atoms with Crippen molar-refractivity contribution in [1.29, 1.82) is 0 Å². The Balaban J connectivity index is 1.88. The highest BCUT2D eigenvalue weighted by Gasteiger charge is 2.18. The monoisotopic (exact) mass is 402 g/mol. The second-order valence-electron chi connectivity index (χ2n) is 6.65. The van der Waals surface area contributed by atoms with Crippen molar-refractivity contribution in [2.75, 3.05) is 0 Å². The van der Waals surface area contributed by atoms with Gasteiger partial charge in [-0.2, -0.15) is 8.42 Å². The third kappa shape index (κ3) is 3.92. The molecule has 0 aromatic heterocycles. The first kappa shape index (κ1) is 18.9. The Kier molecular flexibility index (Phi) is 4.92. The molecule has 0 saturated carbocycles. The smallest absolute Gasteiger partial charge is 0.295 e. The topological polar surface area (TPSA) is 74.6 Å². The van der Waals surface area contributed by atoms with E-state index in [4.69, 9.17) is 0 Å². The van der Waals surface area contributed by atoms with Gasteiger partial charge in [0, 0.05) is 5.56 Å². The molecule has 0 fully saturated rings. The quantitative estimate of drug-likeness (QED) is 0.343. The second-order valence-corrected chi connectivity index (χ2v) is 8.04. The minimum absolute atomic E-state index is 0.0394. The van der Waals surface area contributed by atoms with Crippen LogP contribution in [0.3, 0.4) is 0 Å². The Labute approximate surface area is 169 Å². The highest BCUT2D eigenvalue weighted by Crippen LogP contribution is 2.38. The van der Waals surface area contributed by atoms with Crippen molar-refractivity contribution in [2.45, 2.75) is 4.90 Å². The molecule has 0 aliphatic heterocycles. The van der Waals surface area contributed by atoms with Gasteiger partial charge < -0.3 is 5.11 Å². The summed E-state index contributed by atoms with van der Waals surface area (Å²) in [6.45, 7) is 0. The fraction of sp³-hybridized carbons (Fsp3) is 0. The van der Waals surface area contributed by atoms with Gasteiger partial charge >= 0.3 is 0 Å². The lowest BCUT2D eigenvalue weighted by atomic mass is 9.96. The number of phenolic OH excluding ortho intramolecular Hbond substituents is 1. The number of fused-ring (bicyclic) bond motifs is 1. The molecule has 4 aromatic carbocycles. The van der Waals surface area contributed by atoms with Crippen LogP contribution in [-0.4, -0.2) is 18.1 Å². The zero-order chi connectivity index (χ0) is 20.4. The molecule has 0 bridgehead atoms. The lowest BCUT2D eigenvalue weighted by molar-refractivity contribution is 0.477. The highest BCUT2D eigenvalue weighted by molar-refractivity contribution is 7.86. The zero-order valence-electron chi connectivity index (χ0n) is 15.4. The van der Waals surface area contributed by atoms with E-state index >= 15 is 0 Å². The molecule has 29 heavy (non-hydrogen) atoms. The Morgan fingerprint density at radius 3 is 2.24 bits per heavy atom. The summed E-state index contributed by atoms with van der Waals surface area (Å²) in [7, 11) is -4.47. The van der Waals surface area contributed by atoms with Gasteiger partial charge in [0.15, 0.2) is 0 Å². The Morgan fingerprint density at radius 1 is 0.759 bits per heavy atom. The van der Waals surface area contributed by atoms with Crippen LogP contribution in [-0.2, 0) is 10.1 Å². The van der Waals surface area contributed by atoms with E-state index in [2.05, 4.69) is 0 Å². The molecule has 0 aliphatic carbocycles. The van der Waals surface area contributed by atoms with Crippen molar-refractivity contribution in [1.82, 2.24) is 0 Å². The normalized spacial score (nSPS) is 11.9. The van der Waals surface area contributed by atoms with E-state index in [1.54, 1.807) is 36.4 Å². The van der Waals surface area contributed by atoms with Crippen LogP contribution >= 0.6 is 0 Å². The number of phenols is 1. The van der Waals surface area contributed by atoms with Gasteiger partial charge in [-0.3, -0.25) is 4.55 Å². The van der Waals surface area contributed by atoms with E-state index in [1.165, 1.54) is 6.07 Å². The predicted molar refractivity (Wildman–Crippen MR) is 116 cm³/mol. The van der Waals surface area contributed by atoms with Crippen LogP contribution in [0, 0.1) is 0 Å². The molecular formula is C24H18O4S. The summed E-state index contributed by atoms with van der Waals surface area (Å²) in [5.74, 6) is 0.0394. The molecule has 4 nitrogen and oxygen atoms in total. The number of benzene rings is 4. The van der Waals surface area contributed by atoms with E-state index < -0.39 is 10.1 Å². The number of hydrogen-bond donors (Lipinski definition) is 2. The van der Waals surface area contributed by atoms with E-state index in [-0.39, 0.29) is 10.6 Å². The summed E-state index contributed by atoms with van der Waals surface area (Å²) < 4.78 is 33.9. The number of aromatic hydroxyl groups is 1. The first-order valence-corrected chi connectivity index (χ1v) is 10.4. The fourth-order valence-electron chi connectivity index (χ4n) is 3.36. The van der Waals surface area contributed by atoms with Gasteiger partial charge in [-0.1, -0.05) is 84.9 Å². The Hall–Kier alpha value is -3.41. The van der Waals surface area contributed by atoms with Crippen LogP contribution in [0.25, 0.3) is 34.1 Å². The summed E-state index contributed by atoms with van der Waals surface area (Å²) >= 11 is 0. The SMILES string of the molecule is O=S(=O)(O)c1cc(-c2c(O)ccc3ccccc23)ccc1C=Cc1ccccc1. The lowest BCUT2D eigenvalue weighted by Gasteiger charge is -2.12. The standard InChI is InChI=1S/C24H18O4S/c25-22-15-14-18-8-4-5-9-21(18)24(22)20-13-12-19(23(16-20)29(26,27)28)11-10-17-6-2-1-3-7-17/h1-16,25H,(H,26,27,28). The molecule has 0 unspecified atom stereocenters. The fourth-order valence-corrected chi connectivity index (χ4v) is 4.07. The summed E-state index contributed by atoms with van der Waals surface area (Å²) in [6.07, 6.45) is 3.42. The maximum Gasteiger partial charge on any atom is 0.295 e. The van der Waals surface area contributed by atoms with Gasteiger partial charge in [-0.15, -0.1) is 0 Å². The minimum Gasteiger partial charge on any atom is -0.507 e. The van der Waals surface area contributed by atoms with Gasteiger partial charge in [-0.05, 0) is 39.6 Å². The van der Waals surface area contributed by atoms with Gasteiger partial charge in [0.1, 0.15) is 10.6 Å². The first-order valence-electron chi connectivity index (χ1n) is 8.99. The molecule has 2 N–H and O–H groups in total. The van der Waals surface area contributed by atoms with Crippen LogP contribution in [0.15, 0.2) is 89.8 Å². The molecule has 144 valence electrons. The van der Waals surface area contributed by atoms with Gasteiger partial charge in [0.25, 0.3) is 10.1 Å². The van der Waals surface area contributed by atoms with Crippen molar-refractivity contribution >= 4 is 33.0 Å². The molecule has 0 amide bonds. The molecule has 4 aromatic rings. The summed E-state index contributed by atoms with van der Waals surface area (Å²) in [6, 6.07) is 25.1. The maximum atomic E-state index is 12.1. The van der Waals surface area contributed by atoms with Crippen LogP contribution < -0.4 is 0 Å². The van der Waals surface area contributed by atoms with Crippen LogP contribution in [0.2, 0.25) is 0 Å². The average molecular weight is 402 g/mol. The number of hydrogen-bond acceptors (Lipinski definition) is 3. The molecular weight excluding hydrogens is 384 g/mol. The molecule has 4 rings (SSSR count). The molecule has 0 radical (unpaired) electrons. The van der Waals surface area contributed by atoms with Crippen LogP contribution in [0.5, 0.6) is 5.75 Å². The predicted octanol–water partition coefficient (Wildman–Crippen LogP) is 5.63. The average Bonchev–Trinajstić information content (AvgIpc) is 2.72. The first-order chi connectivity index (χ1) is 13.9. The maximum absolute atomic E-state index is 12.1. The summed E-state index contributed by atoms with van der Waals surface area (Å²) in [4.78, 5) is -0.213. The van der Waals surface area contributed by atoms with E-state index in [1.807, 2.05) is 54.6 Å². The summed E-state index contributed by atoms with van der Waals surface area (Å²) in [5.41, 5.74) is 2.29.